The van der Waals surface area contributed by atoms with E-state index in [0.29, 0.717) is 23.0 Å². The van der Waals surface area contributed by atoms with E-state index in [0.717, 1.165) is 16.7 Å². The SMILES string of the molecule is COc1cccc(C(=O)Nc2nnc(-c3cc(C)ccc3C)o2)c1OC. The summed E-state index contributed by atoms with van der Waals surface area (Å²) < 4.78 is 16.1. The first kappa shape index (κ1) is 17.5. The Morgan fingerprint density at radius 1 is 1.08 bits per heavy atom. The lowest BCUT2D eigenvalue weighted by Gasteiger charge is -2.11. The maximum absolute atomic E-state index is 12.6. The van der Waals surface area contributed by atoms with Gasteiger partial charge in [0.05, 0.1) is 19.8 Å². The number of aromatic nitrogens is 2. The van der Waals surface area contributed by atoms with Crippen molar-refractivity contribution in [3.05, 3.63) is 53.1 Å². The molecule has 7 nitrogen and oxygen atoms in total. The number of hydrogen-bond donors (Lipinski definition) is 1. The van der Waals surface area contributed by atoms with E-state index in [2.05, 4.69) is 15.5 Å². The molecular weight excluding hydrogens is 334 g/mol. The van der Waals surface area contributed by atoms with Crippen LogP contribution in [0.3, 0.4) is 0 Å². The monoisotopic (exact) mass is 353 g/mol. The largest absolute Gasteiger partial charge is 0.493 e. The van der Waals surface area contributed by atoms with Gasteiger partial charge in [-0.15, -0.1) is 5.10 Å². The molecule has 1 aromatic heterocycles. The Bertz CT molecular complexity index is 950. The van der Waals surface area contributed by atoms with Crippen LogP contribution in [0.15, 0.2) is 40.8 Å². The van der Waals surface area contributed by atoms with Gasteiger partial charge in [0.1, 0.15) is 0 Å². The summed E-state index contributed by atoms with van der Waals surface area (Å²) in [4.78, 5) is 12.6. The number of nitrogens with one attached hydrogen (secondary N) is 1. The maximum atomic E-state index is 12.6. The maximum Gasteiger partial charge on any atom is 0.322 e. The molecule has 0 spiro atoms. The summed E-state index contributed by atoms with van der Waals surface area (Å²) in [6.45, 7) is 3.94. The molecule has 26 heavy (non-hydrogen) atoms. The Labute approximate surface area is 151 Å². The van der Waals surface area contributed by atoms with Gasteiger partial charge in [-0.3, -0.25) is 10.1 Å². The van der Waals surface area contributed by atoms with Crippen molar-refractivity contribution in [3.63, 3.8) is 0 Å². The van der Waals surface area contributed by atoms with E-state index in [1.165, 1.54) is 14.2 Å². The van der Waals surface area contributed by atoms with Crippen molar-refractivity contribution in [2.75, 3.05) is 19.5 Å². The Morgan fingerprint density at radius 3 is 2.62 bits per heavy atom. The summed E-state index contributed by atoms with van der Waals surface area (Å²) in [6.07, 6.45) is 0. The lowest BCUT2D eigenvalue weighted by atomic mass is 10.1. The Morgan fingerprint density at radius 2 is 1.88 bits per heavy atom. The summed E-state index contributed by atoms with van der Waals surface area (Å²) in [7, 11) is 2.98. The van der Waals surface area contributed by atoms with Crippen LogP contribution in [0.5, 0.6) is 11.5 Å². The summed E-state index contributed by atoms with van der Waals surface area (Å²) in [5, 5.41) is 10.5. The van der Waals surface area contributed by atoms with Crippen molar-refractivity contribution in [3.8, 4) is 23.0 Å². The molecule has 0 unspecified atom stereocenters. The third-order valence-corrected chi connectivity index (χ3v) is 3.92. The minimum atomic E-state index is -0.433. The van der Waals surface area contributed by atoms with E-state index in [1.807, 2.05) is 32.0 Å². The van der Waals surface area contributed by atoms with Gasteiger partial charge in [0.2, 0.25) is 5.89 Å². The van der Waals surface area contributed by atoms with Crippen molar-refractivity contribution >= 4 is 11.9 Å². The minimum absolute atomic E-state index is 0.00998. The predicted molar refractivity (Wildman–Crippen MR) is 96.7 cm³/mol. The third-order valence-electron chi connectivity index (χ3n) is 3.92. The van der Waals surface area contributed by atoms with Crippen LogP contribution in [0.2, 0.25) is 0 Å². The van der Waals surface area contributed by atoms with Crippen molar-refractivity contribution in [1.82, 2.24) is 10.2 Å². The second kappa shape index (κ2) is 7.26. The van der Waals surface area contributed by atoms with Crippen molar-refractivity contribution in [1.29, 1.82) is 0 Å². The minimum Gasteiger partial charge on any atom is -0.493 e. The van der Waals surface area contributed by atoms with Gasteiger partial charge in [0.15, 0.2) is 11.5 Å². The number of nitrogens with zero attached hydrogens (tertiary/aromatic N) is 2. The van der Waals surface area contributed by atoms with Crippen LogP contribution in [0.25, 0.3) is 11.5 Å². The van der Waals surface area contributed by atoms with E-state index >= 15 is 0 Å². The molecule has 3 aromatic rings. The molecule has 0 atom stereocenters. The quantitative estimate of drug-likeness (QED) is 0.754. The molecule has 7 heteroatoms. The second-order valence-electron chi connectivity index (χ2n) is 5.73. The van der Waals surface area contributed by atoms with Crippen molar-refractivity contribution < 1.29 is 18.7 Å². The molecule has 1 N–H and O–H groups in total. The smallest absolute Gasteiger partial charge is 0.322 e. The highest BCUT2D eigenvalue weighted by Crippen LogP contribution is 2.31. The van der Waals surface area contributed by atoms with Crippen LogP contribution < -0.4 is 14.8 Å². The number of aryl methyl sites for hydroxylation is 2. The van der Waals surface area contributed by atoms with Gasteiger partial charge in [-0.25, -0.2) is 0 Å². The summed E-state index contributed by atoms with van der Waals surface area (Å²) in [5.74, 6) is 0.708. The summed E-state index contributed by atoms with van der Waals surface area (Å²) in [6, 6.07) is 11.0. The lowest BCUT2D eigenvalue weighted by Crippen LogP contribution is -2.13. The number of carbonyl (C=O) groups excluding carboxylic acids is 1. The molecule has 0 aliphatic heterocycles. The van der Waals surface area contributed by atoms with Gasteiger partial charge in [0.25, 0.3) is 5.91 Å². The first-order chi connectivity index (χ1) is 12.5. The normalized spacial score (nSPS) is 10.5. The van der Waals surface area contributed by atoms with Crippen LogP contribution >= 0.6 is 0 Å². The fourth-order valence-corrected chi connectivity index (χ4v) is 2.58. The highest BCUT2D eigenvalue weighted by atomic mass is 16.5. The molecular formula is C19H19N3O4. The molecule has 0 aliphatic rings. The third kappa shape index (κ3) is 3.37. The zero-order valence-electron chi connectivity index (χ0n) is 15.0. The first-order valence-electron chi connectivity index (χ1n) is 7.97. The summed E-state index contributed by atoms with van der Waals surface area (Å²) >= 11 is 0. The second-order valence-corrected chi connectivity index (χ2v) is 5.73. The van der Waals surface area contributed by atoms with Crippen LogP contribution in [0.1, 0.15) is 21.5 Å². The van der Waals surface area contributed by atoms with Crippen molar-refractivity contribution in [2.45, 2.75) is 13.8 Å². The van der Waals surface area contributed by atoms with E-state index < -0.39 is 5.91 Å². The molecule has 0 radical (unpaired) electrons. The Balaban J connectivity index is 1.86. The number of amides is 1. The molecule has 0 saturated carbocycles. The highest BCUT2D eigenvalue weighted by molar-refractivity contribution is 6.05. The van der Waals surface area contributed by atoms with E-state index in [4.69, 9.17) is 13.9 Å². The number of rotatable bonds is 5. The molecule has 0 fully saturated rings. The van der Waals surface area contributed by atoms with Gasteiger partial charge in [-0.1, -0.05) is 28.9 Å². The number of para-hydroxylation sites is 1. The van der Waals surface area contributed by atoms with E-state index in [-0.39, 0.29) is 6.01 Å². The fourth-order valence-electron chi connectivity index (χ4n) is 2.58. The van der Waals surface area contributed by atoms with Gasteiger partial charge < -0.3 is 13.9 Å². The zero-order chi connectivity index (χ0) is 18.7. The molecule has 3 rings (SSSR count). The molecule has 0 saturated heterocycles. The Kier molecular flexibility index (Phi) is 4.88. The first-order valence-corrected chi connectivity index (χ1v) is 7.97. The average Bonchev–Trinajstić information content (AvgIpc) is 3.11. The number of anilines is 1. The lowest BCUT2D eigenvalue weighted by molar-refractivity contribution is 0.102. The van der Waals surface area contributed by atoms with Gasteiger partial charge in [-0.2, -0.15) is 0 Å². The van der Waals surface area contributed by atoms with Gasteiger partial charge in [-0.05, 0) is 37.6 Å². The van der Waals surface area contributed by atoms with Crippen LogP contribution in [-0.4, -0.2) is 30.3 Å². The topological polar surface area (TPSA) is 86.5 Å². The van der Waals surface area contributed by atoms with Crippen molar-refractivity contribution in [2.24, 2.45) is 0 Å². The molecule has 2 aromatic carbocycles. The summed E-state index contributed by atoms with van der Waals surface area (Å²) in [5.41, 5.74) is 3.22. The number of ether oxygens (including phenoxy) is 2. The van der Waals surface area contributed by atoms with Crippen LogP contribution in [0.4, 0.5) is 6.01 Å². The number of methoxy groups -OCH3 is 2. The predicted octanol–water partition coefficient (Wildman–Crippen LogP) is 3.62. The average molecular weight is 353 g/mol. The number of hydrogen-bond acceptors (Lipinski definition) is 6. The molecule has 1 heterocycles. The van der Waals surface area contributed by atoms with E-state index in [9.17, 15) is 4.79 Å². The van der Waals surface area contributed by atoms with Crippen LogP contribution in [-0.2, 0) is 0 Å². The Hall–Kier alpha value is -3.35. The van der Waals surface area contributed by atoms with Gasteiger partial charge in [0, 0.05) is 5.56 Å². The number of benzene rings is 2. The molecule has 134 valence electrons. The molecule has 1 amide bonds. The fraction of sp³-hybridized carbons (Fsp3) is 0.211. The van der Waals surface area contributed by atoms with Crippen LogP contribution in [0, 0.1) is 13.8 Å². The standard InChI is InChI=1S/C19H19N3O4/c1-11-8-9-12(2)14(10-11)18-21-22-19(26-18)20-17(23)13-6-5-7-15(24-3)16(13)25-4/h5-10H,1-4H3,(H,20,22,23). The highest BCUT2D eigenvalue weighted by Gasteiger charge is 2.19. The molecule has 0 aliphatic carbocycles. The zero-order valence-corrected chi connectivity index (χ0v) is 15.0. The van der Waals surface area contributed by atoms with E-state index in [1.54, 1.807) is 18.2 Å². The number of carbonyl (C=O) groups is 1. The molecule has 0 bridgehead atoms. The van der Waals surface area contributed by atoms with Gasteiger partial charge >= 0.3 is 6.01 Å².